The number of nitrogens with one attached hydrogen (secondary N) is 1. The Morgan fingerprint density at radius 3 is 2.45 bits per heavy atom. The summed E-state index contributed by atoms with van der Waals surface area (Å²) in [6, 6.07) is 6.03. The molecule has 1 amide bonds. The molecule has 1 unspecified atom stereocenters. The van der Waals surface area contributed by atoms with Crippen molar-refractivity contribution in [3.63, 3.8) is 0 Å². The summed E-state index contributed by atoms with van der Waals surface area (Å²) in [4.78, 5) is 12.0. The van der Waals surface area contributed by atoms with Crippen molar-refractivity contribution in [2.75, 3.05) is 13.2 Å². The van der Waals surface area contributed by atoms with E-state index >= 15 is 0 Å². The number of para-hydroxylation sites is 1. The number of carbonyl (C=O) groups is 1. The molecule has 2 rings (SSSR count). The van der Waals surface area contributed by atoms with Crippen molar-refractivity contribution in [1.82, 2.24) is 5.32 Å². The average molecular weight is 276 g/mol. The van der Waals surface area contributed by atoms with Crippen molar-refractivity contribution in [1.29, 1.82) is 0 Å². The van der Waals surface area contributed by atoms with E-state index in [-0.39, 0.29) is 5.91 Å². The van der Waals surface area contributed by atoms with E-state index in [1.54, 1.807) is 0 Å². The van der Waals surface area contributed by atoms with Crippen LogP contribution in [0.2, 0.25) is 0 Å². The van der Waals surface area contributed by atoms with Gasteiger partial charge in [0.25, 0.3) is 0 Å². The molecule has 1 fully saturated rings. The Labute approximate surface area is 120 Å². The summed E-state index contributed by atoms with van der Waals surface area (Å²) in [6.07, 6.45) is 2.07. The van der Waals surface area contributed by atoms with Gasteiger partial charge in [-0.05, 0) is 50.3 Å². The fraction of sp³-hybridized carbons (Fsp3) is 0.562. The maximum atomic E-state index is 12.0. The van der Waals surface area contributed by atoms with Crippen molar-refractivity contribution in [3.05, 3.63) is 29.3 Å². The first-order chi connectivity index (χ1) is 9.51. The average Bonchev–Trinajstić information content (AvgIpc) is 3.21. The maximum absolute atomic E-state index is 12.0. The Morgan fingerprint density at radius 1 is 1.40 bits per heavy atom. The predicted octanol–water partition coefficient (Wildman–Crippen LogP) is 1.93. The molecule has 0 aromatic heterocycles. The zero-order valence-corrected chi connectivity index (χ0v) is 12.5. The number of hydrogen-bond acceptors (Lipinski definition) is 3. The van der Waals surface area contributed by atoms with Crippen LogP contribution in [0.25, 0.3) is 0 Å². The SMILES string of the molecule is CCNC(COc1c(C)cccc1C)(C(N)=O)C1CC1. The van der Waals surface area contributed by atoms with Crippen LogP contribution in [-0.4, -0.2) is 24.6 Å². The third kappa shape index (κ3) is 2.80. The molecule has 0 radical (unpaired) electrons. The fourth-order valence-electron chi connectivity index (χ4n) is 2.78. The molecule has 4 nitrogen and oxygen atoms in total. The van der Waals surface area contributed by atoms with E-state index < -0.39 is 5.54 Å². The van der Waals surface area contributed by atoms with Gasteiger partial charge in [0.05, 0.1) is 0 Å². The normalized spacial score (nSPS) is 17.6. The Morgan fingerprint density at radius 2 is 2.00 bits per heavy atom. The van der Waals surface area contributed by atoms with E-state index in [4.69, 9.17) is 10.5 Å². The van der Waals surface area contributed by atoms with Crippen LogP contribution in [0, 0.1) is 19.8 Å². The second-order valence-corrected chi connectivity index (χ2v) is 5.65. The first-order valence-corrected chi connectivity index (χ1v) is 7.25. The van der Waals surface area contributed by atoms with E-state index in [0.717, 1.165) is 29.7 Å². The third-order valence-corrected chi connectivity index (χ3v) is 4.06. The van der Waals surface area contributed by atoms with E-state index in [2.05, 4.69) is 5.32 Å². The van der Waals surface area contributed by atoms with Crippen LogP contribution in [0.15, 0.2) is 18.2 Å². The highest BCUT2D eigenvalue weighted by Gasteiger charge is 2.50. The minimum atomic E-state index is -0.733. The van der Waals surface area contributed by atoms with Gasteiger partial charge in [0.1, 0.15) is 17.9 Å². The van der Waals surface area contributed by atoms with Crippen LogP contribution >= 0.6 is 0 Å². The number of rotatable bonds is 7. The molecule has 1 aliphatic carbocycles. The summed E-state index contributed by atoms with van der Waals surface area (Å²) in [5, 5.41) is 3.27. The molecule has 0 aliphatic heterocycles. The Balaban J connectivity index is 2.18. The van der Waals surface area contributed by atoms with Crippen LogP contribution in [-0.2, 0) is 4.79 Å². The van der Waals surface area contributed by atoms with Crippen LogP contribution in [0.1, 0.15) is 30.9 Å². The van der Waals surface area contributed by atoms with Gasteiger partial charge in [0, 0.05) is 0 Å². The lowest BCUT2D eigenvalue weighted by atomic mass is 9.93. The van der Waals surface area contributed by atoms with Crippen molar-refractivity contribution in [2.24, 2.45) is 11.7 Å². The first-order valence-electron chi connectivity index (χ1n) is 7.25. The number of carbonyl (C=O) groups excluding carboxylic acids is 1. The number of nitrogens with two attached hydrogens (primary N) is 1. The van der Waals surface area contributed by atoms with Gasteiger partial charge < -0.3 is 15.8 Å². The van der Waals surface area contributed by atoms with Crippen molar-refractivity contribution >= 4 is 5.91 Å². The van der Waals surface area contributed by atoms with Crippen molar-refractivity contribution in [2.45, 2.75) is 39.2 Å². The molecule has 4 heteroatoms. The highest BCUT2D eigenvalue weighted by molar-refractivity contribution is 5.85. The first kappa shape index (κ1) is 14.9. The van der Waals surface area contributed by atoms with Gasteiger partial charge in [0.15, 0.2) is 0 Å². The molecule has 0 saturated heterocycles. The zero-order valence-electron chi connectivity index (χ0n) is 12.5. The predicted molar refractivity (Wildman–Crippen MR) is 79.7 cm³/mol. The number of benzene rings is 1. The number of aryl methyl sites for hydroxylation is 2. The molecule has 0 heterocycles. The fourth-order valence-corrected chi connectivity index (χ4v) is 2.78. The van der Waals surface area contributed by atoms with Crippen LogP contribution < -0.4 is 15.8 Å². The molecule has 1 aromatic rings. The largest absolute Gasteiger partial charge is 0.491 e. The summed E-state index contributed by atoms with van der Waals surface area (Å²) >= 11 is 0. The quantitative estimate of drug-likeness (QED) is 0.799. The Bertz CT molecular complexity index is 477. The van der Waals surface area contributed by atoms with E-state index in [9.17, 15) is 4.79 Å². The second-order valence-electron chi connectivity index (χ2n) is 5.65. The zero-order chi connectivity index (χ0) is 14.8. The van der Waals surface area contributed by atoms with Gasteiger partial charge in [-0.3, -0.25) is 4.79 Å². The molecule has 1 saturated carbocycles. The van der Waals surface area contributed by atoms with Gasteiger partial charge in [-0.1, -0.05) is 25.1 Å². The lowest BCUT2D eigenvalue weighted by molar-refractivity contribution is -0.126. The highest BCUT2D eigenvalue weighted by atomic mass is 16.5. The number of hydrogen-bond donors (Lipinski definition) is 2. The number of likely N-dealkylation sites (N-methyl/N-ethyl adjacent to an activating group) is 1. The summed E-state index contributed by atoms with van der Waals surface area (Å²) in [7, 11) is 0. The van der Waals surface area contributed by atoms with Gasteiger partial charge >= 0.3 is 0 Å². The number of ether oxygens (including phenoxy) is 1. The number of primary amides is 1. The second kappa shape index (κ2) is 5.83. The molecule has 20 heavy (non-hydrogen) atoms. The topological polar surface area (TPSA) is 64.3 Å². The Hall–Kier alpha value is -1.55. The molecular formula is C16H24N2O2. The van der Waals surface area contributed by atoms with Crippen LogP contribution in [0.4, 0.5) is 0 Å². The van der Waals surface area contributed by atoms with Gasteiger partial charge in [-0.25, -0.2) is 0 Å². The molecule has 3 N–H and O–H groups in total. The van der Waals surface area contributed by atoms with Gasteiger partial charge in [-0.2, -0.15) is 0 Å². The van der Waals surface area contributed by atoms with E-state index in [1.165, 1.54) is 0 Å². The summed E-state index contributed by atoms with van der Waals surface area (Å²) in [6.45, 7) is 7.01. The van der Waals surface area contributed by atoms with Crippen LogP contribution in [0.5, 0.6) is 5.75 Å². The molecule has 0 spiro atoms. The molecular weight excluding hydrogens is 252 g/mol. The minimum absolute atomic E-state index is 0.296. The minimum Gasteiger partial charge on any atom is -0.491 e. The summed E-state index contributed by atoms with van der Waals surface area (Å²) in [5.41, 5.74) is 7.08. The van der Waals surface area contributed by atoms with E-state index in [1.807, 2.05) is 39.0 Å². The molecule has 110 valence electrons. The monoisotopic (exact) mass is 276 g/mol. The molecule has 1 aromatic carbocycles. The third-order valence-electron chi connectivity index (χ3n) is 4.06. The molecule has 0 bridgehead atoms. The molecule has 1 atom stereocenters. The van der Waals surface area contributed by atoms with Crippen molar-refractivity contribution in [3.8, 4) is 5.75 Å². The van der Waals surface area contributed by atoms with Gasteiger partial charge in [0.2, 0.25) is 5.91 Å². The highest BCUT2D eigenvalue weighted by Crippen LogP contribution is 2.40. The maximum Gasteiger partial charge on any atom is 0.241 e. The standard InChI is InChI=1S/C16H24N2O2/c1-4-18-16(15(17)19,13-8-9-13)10-20-14-11(2)6-5-7-12(14)3/h5-7,13,18H,4,8-10H2,1-3H3,(H2,17,19). The van der Waals surface area contributed by atoms with E-state index in [0.29, 0.717) is 19.1 Å². The van der Waals surface area contributed by atoms with Gasteiger partial charge in [-0.15, -0.1) is 0 Å². The van der Waals surface area contributed by atoms with Crippen LogP contribution in [0.3, 0.4) is 0 Å². The smallest absolute Gasteiger partial charge is 0.241 e. The lowest BCUT2D eigenvalue weighted by Gasteiger charge is -2.32. The molecule has 1 aliphatic rings. The summed E-state index contributed by atoms with van der Waals surface area (Å²) < 4.78 is 5.98. The number of amides is 1. The Kier molecular flexibility index (Phi) is 4.33. The lowest BCUT2D eigenvalue weighted by Crippen LogP contribution is -2.61. The van der Waals surface area contributed by atoms with Crippen molar-refractivity contribution < 1.29 is 9.53 Å². The summed E-state index contributed by atoms with van der Waals surface area (Å²) in [5.74, 6) is 0.842.